The van der Waals surface area contributed by atoms with Gasteiger partial charge in [0, 0.05) is 60.4 Å². The van der Waals surface area contributed by atoms with E-state index in [4.69, 9.17) is 10.2 Å². The van der Waals surface area contributed by atoms with Crippen molar-refractivity contribution in [2.24, 2.45) is 5.73 Å². The Hall–Kier alpha value is -3.47. The molecule has 1 unspecified atom stereocenters. The van der Waals surface area contributed by atoms with Crippen LogP contribution in [0, 0.1) is 11.3 Å². The third kappa shape index (κ3) is 4.35. The summed E-state index contributed by atoms with van der Waals surface area (Å²) in [5, 5.41) is 11.4. The Morgan fingerprint density at radius 1 is 1.18 bits per heavy atom. The molecule has 3 heterocycles. The monoisotopic (exact) mass is 477 g/mol. The summed E-state index contributed by atoms with van der Waals surface area (Å²) in [5.74, 6) is -0.366. The molecular formula is C26H28ClN5O2. The van der Waals surface area contributed by atoms with Gasteiger partial charge in [-0.1, -0.05) is 13.3 Å². The molecule has 0 saturated carbocycles. The maximum Gasteiger partial charge on any atom is 0.284 e. The number of fused-ring (bicyclic) bond motifs is 2. The molecule has 34 heavy (non-hydrogen) atoms. The lowest BCUT2D eigenvalue weighted by molar-refractivity contribution is 0.0976. The average Bonchev–Trinajstić information content (AvgIpc) is 3.46. The van der Waals surface area contributed by atoms with Crippen LogP contribution in [-0.4, -0.2) is 42.0 Å². The molecule has 1 fully saturated rings. The van der Waals surface area contributed by atoms with E-state index in [1.165, 1.54) is 5.56 Å². The third-order valence-corrected chi connectivity index (χ3v) is 6.63. The lowest BCUT2D eigenvalue weighted by atomic mass is 9.98. The predicted octanol–water partition coefficient (Wildman–Crippen LogP) is 4.97. The molecule has 1 saturated heterocycles. The smallest absolute Gasteiger partial charge is 0.284 e. The first-order chi connectivity index (χ1) is 16.1. The van der Waals surface area contributed by atoms with Crippen molar-refractivity contribution < 1.29 is 9.21 Å². The molecule has 2 aromatic heterocycles. The first-order valence-electron chi connectivity index (χ1n) is 11.4. The molecule has 8 heteroatoms. The van der Waals surface area contributed by atoms with Crippen LogP contribution in [0.25, 0.3) is 21.9 Å². The molecule has 0 bridgehead atoms. The van der Waals surface area contributed by atoms with E-state index in [-0.39, 0.29) is 18.2 Å². The number of carbonyl (C=O) groups is 1. The SMILES string of the molecule is CCCC(c1c[nH]c2ccc(C#N)cc12)N1CCN(c2ccc3oc(C(N)=O)cc3c2)CC1.Cl. The second-order valence-corrected chi connectivity index (χ2v) is 8.64. The van der Waals surface area contributed by atoms with E-state index in [1.54, 1.807) is 6.07 Å². The molecule has 0 spiro atoms. The van der Waals surface area contributed by atoms with Crippen molar-refractivity contribution in [3.8, 4) is 6.07 Å². The largest absolute Gasteiger partial charge is 0.451 e. The summed E-state index contributed by atoms with van der Waals surface area (Å²) in [6.07, 6.45) is 4.27. The topological polar surface area (TPSA) is 102 Å². The van der Waals surface area contributed by atoms with Crippen molar-refractivity contribution in [1.82, 2.24) is 9.88 Å². The molecule has 176 valence electrons. The number of nitrogens with zero attached hydrogens (tertiary/aromatic N) is 3. The maximum absolute atomic E-state index is 11.4. The number of rotatable bonds is 6. The summed E-state index contributed by atoms with van der Waals surface area (Å²) in [5.41, 5.74) is 10.2. The first-order valence-corrected chi connectivity index (χ1v) is 11.4. The Labute approximate surface area is 204 Å². The maximum atomic E-state index is 11.4. The molecule has 1 atom stereocenters. The van der Waals surface area contributed by atoms with E-state index >= 15 is 0 Å². The zero-order valence-corrected chi connectivity index (χ0v) is 19.9. The van der Waals surface area contributed by atoms with Gasteiger partial charge in [0.1, 0.15) is 5.58 Å². The van der Waals surface area contributed by atoms with Crippen molar-refractivity contribution in [3.63, 3.8) is 0 Å². The van der Waals surface area contributed by atoms with Crippen LogP contribution < -0.4 is 10.6 Å². The number of carbonyl (C=O) groups excluding carboxylic acids is 1. The van der Waals surface area contributed by atoms with E-state index in [1.807, 2.05) is 30.3 Å². The van der Waals surface area contributed by atoms with Crippen molar-refractivity contribution >= 4 is 45.9 Å². The number of furan rings is 1. The van der Waals surface area contributed by atoms with Crippen molar-refractivity contribution in [3.05, 3.63) is 65.5 Å². The molecule has 3 N–H and O–H groups in total. The number of hydrogen-bond donors (Lipinski definition) is 2. The Balaban J connectivity index is 0.00000274. The summed E-state index contributed by atoms with van der Waals surface area (Å²) in [6, 6.07) is 16.2. The molecule has 0 aliphatic carbocycles. The summed E-state index contributed by atoms with van der Waals surface area (Å²) < 4.78 is 5.52. The van der Waals surface area contributed by atoms with Gasteiger partial charge in [-0.2, -0.15) is 5.26 Å². The van der Waals surface area contributed by atoms with Crippen LogP contribution in [-0.2, 0) is 0 Å². The zero-order chi connectivity index (χ0) is 22.9. The summed E-state index contributed by atoms with van der Waals surface area (Å²) in [6.45, 7) is 5.95. The van der Waals surface area contributed by atoms with E-state index in [0.29, 0.717) is 17.2 Å². The van der Waals surface area contributed by atoms with Crippen molar-refractivity contribution in [1.29, 1.82) is 5.26 Å². The molecule has 1 aliphatic heterocycles. The minimum Gasteiger partial charge on any atom is -0.451 e. The first kappa shape index (κ1) is 23.7. The highest BCUT2D eigenvalue weighted by atomic mass is 35.5. The summed E-state index contributed by atoms with van der Waals surface area (Å²) >= 11 is 0. The highest BCUT2D eigenvalue weighted by Gasteiger charge is 2.27. The lowest BCUT2D eigenvalue weighted by Gasteiger charge is -2.40. The van der Waals surface area contributed by atoms with Crippen LogP contribution >= 0.6 is 12.4 Å². The number of nitriles is 1. The van der Waals surface area contributed by atoms with Gasteiger partial charge in [0.05, 0.1) is 11.6 Å². The fraction of sp³-hybridized carbons (Fsp3) is 0.308. The third-order valence-electron chi connectivity index (χ3n) is 6.63. The number of halogens is 1. The second kappa shape index (κ2) is 9.80. The number of aromatic nitrogens is 1. The van der Waals surface area contributed by atoms with Gasteiger partial charge in [-0.15, -0.1) is 12.4 Å². The number of anilines is 1. The van der Waals surface area contributed by atoms with Gasteiger partial charge in [-0.3, -0.25) is 9.69 Å². The van der Waals surface area contributed by atoms with Crippen LogP contribution in [0.2, 0.25) is 0 Å². The van der Waals surface area contributed by atoms with Gasteiger partial charge in [0.15, 0.2) is 5.76 Å². The van der Waals surface area contributed by atoms with Crippen LogP contribution in [0.5, 0.6) is 0 Å². The van der Waals surface area contributed by atoms with Crippen molar-refractivity contribution in [2.75, 3.05) is 31.1 Å². The Bertz CT molecular complexity index is 1360. The van der Waals surface area contributed by atoms with Crippen molar-refractivity contribution in [2.45, 2.75) is 25.8 Å². The normalized spacial score (nSPS) is 15.2. The number of nitrogens with one attached hydrogen (secondary N) is 1. The molecule has 0 radical (unpaired) electrons. The summed E-state index contributed by atoms with van der Waals surface area (Å²) in [4.78, 5) is 19.7. The van der Waals surface area contributed by atoms with Crippen LogP contribution in [0.15, 0.2) is 53.1 Å². The molecule has 1 amide bonds. The standard InChI is InChI=1S/C26H27N5O2.ClH/c1-2-3-23(21-16-29-22-6-4-17(15-27)12-20(21)22)31-10-8-30(9-11-31)19-5-7-24-18(13-19)14-25(33-24)26(28)32;/h4-7,12-14,16,23,29H,2-3,8-11H2,1H3,(H2,28,32);1H. The van der Waals surface area contributed by atoms with Crippen LogP contribution in [0.3, 0.4) is 0 Å². The van der Waals surface area contributed by atoms with Gasteiger partial charge in [0.2, 0.25) is 0 Å². The fourth-order valence-electron chi connectivity index (χ4n) is 4.94. The highest BCUT2D eigenvalue weighted by molar-refractivity contribution is 5.95. The minimum absolute atomic E-state index is 0. The summed E-state index contributed by atoms with van der Waals surface area (Å²) in [7, 11) is 0. The predicted molar refractivity (Wildman–Crippen MR) is 136 cm³/mol. The van der Waals surface area contributed by atoms with E-state index in [0.717, 1.165) is 61.0 Å². The number of benzene rings is 2. The molecule has 2 aromatic carbocycles. The number of hydrogen-bond acceptors (Lipinski definition) is 5. The number of primary amides is 1. The van der Waals surface area contributed by atoms with E-state index < -0.39 is 5.91 Å². The van der Waals surface area contributed by atoms with Gasteiger partial charge < -0.3 is 20.0 Å². The van der Waals surface area contributed by atoms with Gasteiger partial charge in [-0.05, 0) is 54.4 Å². The van der Waals surface area contributed by atoms with Gasteiger partial charge >= 0.3 is 0 Å². The Morgan fingerprint density at radius 2 is 1.97 bits per heavy atom. The molecule has 7 nitrogen and oxygen atoms in total. The highest BCUT2D eigenvalue weighted by Crippen LogP contribution is 2.34. The molecular weight excluding hydrogens is 450 g/mol. The van der Waals surface area contributed by atoms with Crippen LogP contribution in [0.4, 0.5) is 5.69 Å². The number of aromatic amines is 1. The molecule has 5 rings (SSSR count). The second-order valence-electron chi connectivity index (χ2n) is 8.64. The number of amides is 1. The number of nitrogens with two attached hydrogens (primary N) is 1. The molecule has 1 aliphatic rings. The Morgan fingerprint density at radius 3 is 2.68 bits per heavy atom. The molecule has 4 aromatic rings. The van der Waals surface area contributed by atoms with E-state index in [9.17, 15) is 10.1 Å². The van der Waals surface area contributed by atoms with E-state index in [2.05, 4.69) is 40.0 Å². The van der Waals surface area contributed by atoms with Gasteiger partial charge in [-0.25, -0.2) is 0 Å². The average molecular weight is 478 g/mol. The number of piperazine rings is 1. The number of H-pyrrole nitrogens is 1. The zero-order valence-electron chi connectivity index (χ0n) is 19.1. The fourth-order valence-corrected chi connectivity index (χ4v) is 4.94. The van der Waals surface area contributed by atoms with Gasteiger partial charge in [0.25, 0.3) is 5.91 Å². The van der Waals surface area contributed by atoms with Crippen LogP contribution in [0.1, 0.15) is 47.5 Å². The minimum atomic E-state index is -0.553. The quantitative estimate of drug-likeness (QED) is 0.408. The lowest BCUT2D eigenvalue weighted by Crippen LogP contribution is -2.47. The Kier molecular flexibility index (Phi) is 6.82.